The molecule has 6 nitrogen and oxygen atoms in total. The Hall–Kier alpha value is -2.25. The van der Waals surface area contributed by atoms with Gasteiger partial charge in [0.1, 0.15) is 11.4 Å². The zero-order valence-electron chi connectivity index (χ0n) is 15.5. The Balaban J connectivity index is 1.39. The molecule has 2 aromatic rings. The highest BCUT2D eigenvalue weighted by Crippen LogP contribution is 2.32. The number of nitrogens with one attached hydrogen (secondary N) is 1. The third kappa shape index (κ3) is 3.75. The van der Waals surface area contributed by atoms with E-state index in [0.29, 0.717) is 34.2 Å². The summed E-state index contributed by atoms with van der Waals surface area (Å²) >= 11 is 1.28. The van der Waals surface area contributed by atoms with Gasteiger partial charge in [-0.15, -0.1) is 0 Å². The topological polar surface area (TPSA) is 71.5 Å². The molecule has 142 valence electrons. The molecule has 0 saturated carbocycles. The van der Waals surface area contributed by atoms with Crippen LogP contribution in [0.15, 0.2) is 29.6 Å². The van der Waals surface area contributed by atoms with Gasteiger partial charge >= 0.3 is 0 Å². The second-order valence-corrected chi connectivity index (χ2v) is 8.12. The first-order valence-corrected chi connectivity index (χ1v) is 10.2. The van der Waals surface area contributed by atoms with Crippen molar-refractivity contribution in [3.05, 3.63) is 40.9 Å². The lowest BCUT2D eigenvalue weighted by Gasteiger charge is -2.49. The van der Waals surface area contributed by atoms with Crippen molar-refractivity contribution in [3.8, 4) is 10.9 Å². The Bertz CT molecular complexity index is 838. The molecule has 4 heterocycles. The third-order valence-corrected chi connectivity index (χ3v) is 6.36. The maximum absolute atomic E-state index is 12.7. The van der Waals surface area contributed by atoms with Gasteiger partial charge in [-0.2, -0.15) is 4.98 Å². The fourth-order valence-corrected chi connectivity index (χ4v) is 4.75. The van der Waals surface area contributed by atoms with E-state index in [1.54, 1.807) is 29.6 Å². The molecule has 3 aliphatic rings. The van der Waals surface area contributed by atoms with E-state index >= 15 is 0 Å². The van der Waals surface area contributed by atoms with E-state index in [4.69, 9.17) is 4.74 Å². The summed E-state index contributed by atoms with van der Waals surface area (Å²) in [6.07, 6.45) is 2.33. The first-order chi connectivity index (χ1) is 13.0. The zero-order chi connectivity index (χ0) is 19.0. The van der Waals surface area contributed by atoms with Gasteiger partial charge in [-0.05, 0) is 63.0 Å². The number of rotatable bonds is 5. The highest BCUT2D eigenvalue weighted by Gasteiger charge is 2.40. The van der Waals surface area contributed by atoms with Gasteiger partial charge in [0.2, 0.25) is 0 Å². The summed E-state index contributed by atoms with van der Waals surface area (Å²) in [5.41, 5.74) is 1.02. The van der Waals surface area contributed by atoms with Crippen LogP contribution in [-0.4, -0.2) is 46.7 Å². The number of Topliss-reactive ketones (excluding diaryl/α,β-unsaturated/α-hetero) is 1. The predicted molar refractivity (Wildman–Crippen MR) is 104 cm³/mol. The Kier molecular flexibility index (Phi) is 4.97. The van der Waals surface area contributed by atoms with Gasteiger partial charge < -0.3 is 10.1 Å². The number of carbonyl (C=O) groups excluding carboxylic acids is 2. The largest absolute Gasteiger partial charge is 0.431 e. The minimum Gasteiger partial charge on any atom is -0.431 e. The van der Waals surface area contributed by atoms with Crippen LogP contribution in [0.3, 0.4) is 0 Å². The molecule has 0 unspecified atom stereocenters. The quantitative estimate of drug-likeness (QED) is 0.799. The van der Waals surface area contributed by atoms with Gasteiger partial charge in [0.25, 0.3) is 11.1 Å². The molecular formula is C20H23N3O3S. The summed E-state index contributed by atoms with van der Waals surface area (Å²) in [5.74, 6) is 1.04. The number of nitrogens with zero attached hydrogens (tertiary/aromatic N) is 2. The molecular weight excluding hydrogens is 362 g/mol. The van der Waals surface area contributed by atoms with Crippen LogP contribution in [0.4, 0.5) is 0 Å². The lowest BCUT2D eigenvalue weighted by Crippen LogP contribution is -2.62. The van der Waals surface area contributed by atoms with Crippen LogP contribution in [0.2, 0.25) is 0 Å². The number of carbonyl (C=O) groups is 2. The smallest absolute Gasteiger partial charge is 0.279 e. The highest BCUT2D eigenvalue weighted by molar-refractivity contribution is 7.11. The minimum atomic E-state index is -0.0879. The van der Waals surface area contributed by atoms with E-state index in [-0.39, 0.29) is 17.7 Å². The Labute approximate surface area is 162 Å². The van der Waals surface area contributed by atoms with E-state index in [1.165, 1.54) is 18.3 Å². The predicted octanol–water partition coefficient (Wildman–Crippen LogP) is 3.35. The van der Waals surface area contributed by atoms with Gasteiger partial charge in [0.15, 0.2) is 5.78 Å². The van der Waals surface area contributed by atoms with Crippen LogP contribution in [0.25, 0.3) is 0 Å². The standard InChI is InChI=1S/C20H23N3O3S/c1-12-18(14-7-9-23(12)10-8-14)22-19(25)15-3-5-16(6-4-15)26-20-21-17(11-27-20)13(2)24/h3-6,11-12,14,18H,7-10H2,1-2H3,(H,22,25)/t12-,18-/m0/s1. The number of hydrogen-bond donors (Lipinski definition) is 1. The molecule has 2 atom stereocenters. The number of thiazole rings is 1. The highest BCUT2D eigenvalue weighted by atomic mass is 32.1. The maximum atomic E-state index is 12.7. The van der Waals surface area contributed by atoms with Gasteiger partial charge in [-0.25, -0.2) is 0 Å². The third-order valence-electron chi connectivity index (χ3n) is 5.64. The van der Waals surface area contributed by atoms with E-state index in [9.17, 15) is 9.59 Å². The Morgan fingerprint density at radius 2 is 1.93 bits per heavy atom. The molecule has 0 aliphatic carbocycles. The normalized spacial score (nSPS) is 26.6. The summed E-state index contributed by atoms with van der Waals surface area (Å²) < 4.78 is 5.67. The van der Waals surface area contributed by atoms with Gasteiger partial charge in [-0.3, -0.25) is 14.5 Å². The number of amides is 1. The average molecular weight is 385 g/mol. The number of benzene rings is 1. The van der Waals surface area contributed by atoms with Crippen molar-refractivity contribution in [2.24, 2.45) is 5.92 Å². The van der Waals surface area contributed by atoms with Crippen molar-refractivity contribution in [2.45, 2.75) is 38.8 Å². The van der Waals surface area contributed by atoms with Gasteiger partial charge in [0.05, 0.1) is 0 Å². The monoisotopic (exact) mass is 385 g/mol. The van der Waals surface area contributed by atoms with Crippen molar-refractivity contribution >= 4 is 23.0 Å². The molecule has 27 heavy (non-hydrogen) atoms. The van der Waals surface area contributed by atoms with Gasteiger partial charge in [0, 0.05) is 30.0 Å². The molecule has 1 aromatic carbocycles. The molecule has 5 rings (SSSR count). The first kappa shape index (κ1) is 18.1. The molecule has 7 heteroatoms. The molecule has 0 spiro atoms. The van der Waals surface area contributed by atoms with E-state index in [1.807, 2.05) is 0 Å². The van der Waals surface area contributed by atoms with Crippen molar-refractivity contribution < 1.29 is 14.3 Å². The molecule has 1 N–H and O–H groups in total. The molecule has 0 radical (unpaired) electrons. The van der Waals surface area contributed by atoms with Crippen LogP contribution in [0.1, 0.15) is 47.5 Å². The first-order valence-electron chi connectivity index (χ1n) is 9.30. The Morgan fingerprint density at radius 1 is 1.22 bits per heavy atom. The number of hydrogen-bond acceptors (Lipinski definition) is 6. The van der Waals surface area contributed by atoms with Crippen molar-refractivity contribution in [1.82, 2.24) is 15.2 Å². The molecule has 3 saturated heterocycles. The Morgan fingerprint density at radius 3 is 2.52 bits per heavy atom. The lowest BCUT2D eigenvalue weighted by molar-refractivity contribution is 0.0217. The fraction of sp³-hybridized carbons (Fsp3) is 0.450. The van der Waals surface area contributed by atoms with Crippen LogP contribution < -0.4 is 10.1 Å². The van der Waals surface area contributed by atoms with Crippen LogP contribution >= 0.6 is 11.3 Å². The summed E-state index contributed by atoms with van der Waals surface area (Å²) in [4.78, 5) is 30.6. The molecule has 1 amide bonds. The number of ketones is 1. The fourth-order valence-electron chi connectivity index (χ4n) is 4.02. The lowest BCUT2D eigenvalue weighted by atomic mass is 9.79. The van der Waals surface area contributed by atoms with Crippen molar-refractivity contribution in [2.75, 3.05) is 13.1 Å². The van der Waals surface area contributed by atoms with Crippen molar-refractivity contribution in [1.29, 1.82) is 0 Å². The SMILES string of the molecule is CC(=O)c1csc(Oc2ccc(C(=O)N[C@@H]3C4CCN(CC4)[C@H]3C)cc2)n1. The summed E-state index contributed by atoms with van der Waals surface area (Å²) in [6.45, 7) is 5.97. The number of fused-ring (bicyclic) bond motifs is 3. The molecule has 1 aromatic heterocycles. The number of aromatic nitrogens is 1. The molecule has 3 aliphatic heterocycles. The van der Waals surface area contributed by atoms with Crippen LogP contribution in [0, 0.1) is 5.92 Å². The maximum Gasteiger partial charge on any atom is 0.279 e. The van der Waals surface area contributed by atoms with Crippen molar-refractivity contribution in [3.63, 3.8) is 0 Å². The number of piperidine rings is 3. The summed E-state index contributed by atoms with van der Waals surface area (Å²) in [7, 11) is 0. The number of ether oxygens (including phenoxy) is 1. The molecule has 3 fully saturated rings. The van der Waals surface area contributed by atoms with E-state index in [0.717, 1.165) is 25.9 Å². The van der Waals surface area contributed by atoms with E-state index < -0.39 is 0 Å². The summed E-state index contributed by atoms with van der Waals surface area (Å²) in [5, 5.41) is 5.32. The second-order valence-electron chi connectivity index (χ2n) is 7.29. The van der Waals surface area contributed by atoms with Crippen LogP contribution in [0.5, 0.6) is 10.9 Å². The van der Waals surface area contributed by atoms with Crippen LogP contribution in [-0.2, 0) is 0 Å². The molecule has 2 bridgehead atoms. The van der Waals surface area contributed by atoms with Gasteiger partial charge in [-0.1, -0.05) is 11.3 Å². The summed E-state index contributed by atoms with van der Waals surface area (Å²) in [6, 6.07) is 7.64. The average Bonchev–Trinajstić information content (AvgIpc) is 3.14. The van der Waals surface area contributed by atoms with E-state index in [2.05, 4.69) is 22.1 Å². The second kappa shape index (κ2) is 7.40. The minimum absolute atomic E-state index is 0.0414. The zero-order valence-corrected chi connectivity index (χ0v) is 16.3.